The van der Waals surface area contributed by atoms with Gasteiger partial charge in [0, 0.05) is 12.8 Å². The molecular formula is C104H136O22P4. The minimum absolute atomic E-state index is 0.00457. The van der Waals surface area contributed by atoms with Crippen molar-refractivity contribution in [2.24, 2.45) is 0 Å². The third-order valence-electron chi connectivity index (χ3n) is 22.3. The lowest BCUT2D eigenvalue weighted by atomic mass is 9.84. The molecule has 1 aliphatic rings. The number of esters is 2. The van der Waals surface area contributed by atoms with Gasteiger partial charge >= 0.3 is 43.2 Å². The lowest BCUT2D eigenvalue weighted by Gasteiger charge is -2.50. The largest absolute Gasteiger partial charge is 0.475 e. The Balaban J connectivity index is 1.11. The number of carbonyl (C=O) groups excluding carboxylic acids is 2. The maximum Gasteiger partial charge on any atom is 0.475 e. The summed E-state index contributed by atoms with van der Waals surface area (Å²) in [6, 6.07) is 79.8. The van der Waals surface area contributed by atoms with E-state index >= 15 is 18.3 Å². The van der Waals surface area contributed by atoms with Crippen LogP contribution in [0.25, 0.3) is 0 Å². The van der Waals surface area contributed by atoms with Crippen molar-refractivity contribution >= 4 is 43.2 Å². The van der Waals surface area contributed by atoms with Crippen LogP contribution in [-0.2, 0) is 161 Å². The summed E-state index contributed by atoms with van der Waals surface area (Å²) in [5, 5.41) is 0. The fourth-order valence-electron chi connectivity index (χ4n) is 15.0. The molecule has 9 aromatic rings. The van der Waals surface area contributed by atoms with Crippen LogP contribution in [0.3, 0.4) is 0 Å². The maximum absolute atomic E-state index is 17.4. The molecule has 1 saturated carbocycles. The number of phosphoric acid groups is 4. The van der Waals surface area contributed by atoms with Crippen molar-refractivity contribution in [2.45, 2.75) is 296 Å². The lowest BCUT2D eigenvalue weighted by molar-refractivity contribution is -0.242. The molecule has 0 bridgehead atoms. The summed E-state index contributed by atoms with van der Waals surface area (Å²) in [4.78, 5) is 28.5. The van der Waals surface area contributed by atoms with Gasteiger partial charge in [0.2, 0.25) is 0 Å². The second-order valence-corrected chi connectivity index (χ2v) is 39.5. The fourth-order valence-corrected chi connectivity index (χ4v) is 20.4. The molecule has 26 heteroatoms. The van der Waals surface area contributed by atoms with Gasteiger partial charge in [-0.1, -0.05) is 441 Å². The van der Waals surface area contributed by atoms with E-state index in [0.717, 1.165) is 57.8 Å². The molecule has 1 unspecified atom stereocenters. The highest BCUT2D eigenvalue weighted by Crippen LogP contribution is 2.63. The molecule has 1 fully saturated rings. The van der Waals surface area contributed by atoms with Crippen LogP contribution in [0.5, 0.6) is 0 Å². The molecule has 0 aromatic heterocycles. The van der Waals surface area contributed by atoms with Gasteiger partial charge in [0.15, 0.2) is 6.10 Å². The van der Waals surface area contributed by atoms with E-state index < -0.39 is 132 Å². The quantitative estimate of drug-likeness (QED) is 0.0195. The molecule has 10 rings (SSSR count). The van der Waals surface area contributed by atoms with E-state index in [1.165, 1.54) is 96.3 Å². The third kappa shape index (κ3) is 40.6. The molecule has 1 aliphatic carbocycles. The molecule has 0 radical (unpaired) electrons. The molecule has 0 amide bonds. The fraction of sp³-hybridized carbons (Fsp3) is 0.462. The van der Waals surface area contributed by atoms with Crippen LogP contribution < -0.4 is 0 Å². The van der Waals surface area contributed by atoms with Crippen molar-refractivity contribution in [2.75, 3.05) is 13.2 Å². The summed E-state index contributed by atoms with van der Waals surface area (Å²) in [5.74, 6) is -1.17. The van der Waals surface area contributed by atoms with Crippen LogP contribution in [0.2, 0.25) is 0 Å². The summed E-state index contributed by atoms with van der Waals surface area (Å²) in [5.41, 5.74) is 4.77. The van der Waals surface area contributed by atoms with E-state index in [9.17, 15) is 9.59 Å². The first-order chi connectivity index (χ1) is 63.6. The standard InChI is InChI=1S/C104H136O22P4/c1-3-5-7-9-11-13-15-17-19-21-23-25-54-74-97(105)111-85-96(122-98(106)75-55-26-24-22-20-18-16-14-12-10-8-6-4-2)86-121-130(110,120-84-95-72-52-35-53-73-95)124-102-100(113-77-88-58-38-28-39-59-88)99(112-76-87-56-36-27-37-57-87)101(123-127(107,114-78-89-60-40-29-41-61-89)115-79-90-62-42-30-43-63-90)103(125-128(108,116-80-91-64-44-31-45-65-91)117-81-92-66-46-32-47-67-92)104(102)126-129(109,118-82-93-68-48-33-49-69-93)119-83-94-70-50-34-51-71-94/h27-53,56-73,96,99-104H,3-26,54-55,74-86H2,1-2H3/t96-,99-,100+,101+,102+,103-,104-,130?/m0/s1. The zero-order valence-electron chi connectivity index (χ0n) is 75.9. The minimum atomic E-state index is -5.54. The number of carbonyl (C=O) groups is 2. The minimum Gasteiger partial charge on any atom is -0.462 e. The van der Waals surface area contributed by atoms with E-state index in [1.54, 1.807) is 249 Å². The molecule has 0 aliphatic heterocycles. The Morgan fingerprint density at radius 1 is 0.231 bits per heavy atom. The Morgan fingerprint density at radius 2 is 0.423 bits per heavy atom. The molecule has 8 atom stereocenters. The highest BCUT2D eigenvalue weighted by Gasteiger charge is 2.63. The third-order valence-corrected chi connectivity index (χ3v) is 27.8. The van der Waals surface area contributed by atoms with Gasteiger partial charge in [0.1, 0.15) is 43.2 Å². The summed E-state index contributed by atoms with van der Waals surface area (Å²) in [6.45, 7) is -0.497. The summed E-state index contributed by atoms with van der Waals surface area (Å²) in [7, 11) is -21.6. The number of hydrogen-bond acceptors (Lipinski definition) is 22. The number of unbranched alkanes of at least 4 members (excludes halogenated alkanes) is 24. The zero-order valence-corrected chi connectivity index (χ0v) is 79.4. The van der Waals surface area contributed by atoms with Crippen molar-refractivity contribution < 1.29 is 101 Å². The molecule has 0 saturated heterocycles. The highest BCUT2D eigenvalue weighted by atomic mass is 31.2. The van der Waals surface area contributed by atoms with E-state index in [0.29, 0.717) is 62.9 Å². The van der Waals surface area contributed by atoms with Gasteiger partial charge in [-0.2, -0.15) is 0 Å². The number of rotatable bonds is 69. The van der Waals surface area contributed by atoms with Crippen molar-refractivity contribution in [3.63, 3.8) is 0 Å². The van der Waals surface area contributed by atoms with Crippen molar-refractivity contribution in [1.29, 1.82) is 0 Å². The van der Waals surface area contributed by atoms with Crippen LogP contribution in [0.15, 0.2) is 273 Å². The first kappa shape index (κ1) is 104. The normalized spacial score (nSPS) is 16.7. The number of hydrogen-bond donors (Lipinski definition) is 0. The number of phosphoric ester groups is 4. The van der Waals surface area contributed by atoms with Crippen molar-refractivity contribution in [3.05, 3.63) is 323 Å². The second kappa shape index (κ2) is 60.5. The van der Waals surface area contributed by atoms with Gasteiger partial charge in [-0.3, -0.25) is 63.9 Å². The monoisotopic (exact) mass is 1860 g/mol. The summed E-state index contributed by atoms with van der Waals surface area (Å²) >= 11 is 0. The predicted octanol–water partition coefficient (Wildman–Crippen LogP) is 28.1. The smallest absolute Gasteiger partial charge is 0.462 e. The Hall–Kier alpha value is -7.72. The van der Waals surface area contributed by atoms with Crippen LogP contribution in [0, 0.1) is 0 Å². The zero-order chi connectivity index (χ0) is 91.1. The maximum atomic E-state index is 17.4. The molecule has 9 aromatic carbocycles. The number of benzene rings is 9. The van der Waals surface area contributed by atoms with Crippen molar-refractivity contribution in [3.8, 4) is 0 Å². The summed E-state index contributed by atoms with van der Waals surface area (Å²) < 4.78 is 177. The molecule has 130 heavy (non-hydrogen) atoms. The number of ether oxygens (including phenoxy) is 4. The SMILES string of the molecule is CCCCCCCCCCCCCCCC(=O)OC[C@@H](COP(=O)(OCc1ccccc1)O[C@@H]1[C@H](OCc2ccccc2)[C@H](OCc2ccccc2)[C@@H](OP(=O)(OCc2ccccc2)OCc2ccccc2)[C@H](OP(=O)(OCc2ccccc2)OCc2ccccc2)[C@H]1OP(=O)(OCc1ccccc1)OCc1ccccc1)OC(=O)CCCCCCCCCCCCCCC. The first-order valence-corrected chi connectivity index (χ1v) is 52.7. The molecule has 704 valence electrons. The van der Waals surface area contributed by atoms with Gasteiger partial charge in [-0.05, 0) is 62.9 Å². The second-order valence-electron chi connectivity index (χ2n) is 33.0. The van der Waals surface area contributed by atoms with Crippen LogP contribution in [0.1, 0.15) is 244 Å². The molecule has 0 heterocycles. The van der Waals surface area contributed by atoms with Crippen LogP contribution in [0.4, 0.5) is 0 Å². The van der Waals surface area contributed by atoms with E-state index in [4.69, 9.17) is 73.2 Å². The average Bonchev–Trinajstić information content (AvgIpc) is 0.739. The Bertz CT molecular complexity index is 4550. The highest BCUT2D eigenvalue weighted by molar-refractivity contribution is 7.49. The lowest BCUT2D eigenvalue weighted by Crippen LogP contribution is -2.67. The first-order valence-electron chi connectivity index (χ1n) is 46.9. The Morgan fingerprint density at radius 3 is 0.654 bits per heavy atom. The van der Waals surface area contributed by atoms with Crippen molar-refractivity contribution in [1.82, 2.24) is 0 Å². The van der Waals surface area contributed by atoms with E-state index in [1.807, 2.05) is 24.3 Å². The van der Waals surface area contributed by atoms with Gasteiger partial charge in [0.05, 0.1) is 66.1 Å². The Labute approximate surface area is 771 Å². The van der Waals surface area contributed by atoms with E-state index in [-0.39, 0.29) is 39.3 Å². The predicted molar refractivity (Wildman–Crippen MR) is 506 cm³/mol. The van der Waals surface area contributed by atoms with Gasteiger partial charge in [-0.15, -0.1) is 0 Å². The van der Waals surface area contributed by atoms with E-state index in [2.05, 4.69) is 13.8 Å². The van der Waals surface area contributed by atoms with Crippen LogP contribution in [-0.4, -0.2) is 67.9 Å². The summed E-state index contributed by atoms with van der Waals surface area (Å²) in [6.07, 6.45) is 14.7. The van der Waals surface area contributed by atoms with Gasteiger partial charge in [0.25, 0.3) is 0 Å². The van der Waals surface area contributed by atoms with Gasteiger partial charge in [-0.25, -0.2) is 18.3 Å². The molecule has 0 spiro atoms. The molecular weight excluding hydrogens is 1730 g/mol. The Kier molecular flexibility index (Phi) is 48.6. The molecule has 0 N–H and O–H groups in total. The van der Waals surface area contributed by atoms with Crippen LogP contribution >= 0.6 is 31.3 Å². The molecule has 22 nitrogen and oxygen atoms in total. The average molecular weight is 1860 g/mol. The topological polar surface area (TPSA) is 250 Å². The van der Waals surface area contributed by atoms with Gasteiger partial charge < -0.3 is 18.9 Å².